The lowest BCUT2D eigenvalue weighted by atomic mass is 10.0. The summed E-state index contributed by atoms with van der Waals surface area (Å²) in [5.74, 6) is -2.89. The van der Waals surface area contributed by atoms with Crippen LogP contribution in [0.3, 0.4) is 0 Å². The minimum atomic E-state index is -1.11. The zero-order valence-corrected chi connectivity index (χ0v) is 10.5. The fourth-order valence-corrected chi connectivity index (χ4v) is 0.920. The summed E-state index contributed by atoms with van der Waals surface area (Å²) in [6.07, 6.45) is 0. The minimum absolute atomic E-state index is 0.891. The van der Waals surface area contributed by atoms with Crippen LogP contribution in [0.1, 0.15) is 13.8 Å². The molecule has 0 aliphatic carbocycles. The average Bonchev–Trinajstić information content (AvgIpc) is 2.38. The van der Waals surface area contributed by atoms with Crippen molar-refractivity contribution in [2.24, 2.45) is 11.5 Å². The lowest BCUT2D eigenvalue weighted by molar-refractivity contribution is -0.144. The maximum absolute atomic E-state index is 10.9. The van der Waals surface area contributed by atoms with Crippen LogP contribution in [0, 0.1) is 0 Å². The first kappa shape index (κ1) is 16.1. The van der Waals surface area contributed by atoms with Crippen molar-refractivity contribution in [1.82, 2.24) is 0 Å². The Labute approximate surface area is 106 Å². The molecule has 2 unspecified atom stereocenters. The average molecular weight is 250 g/mol. The zero-order valence-electron chi connectivity index (χ0n) is 10.5. The third-order valence-electron chi connectivity index (χ3n) is 1.94. The van der Waals surface area contributed by atoms with E-state index in [0.29, 0.717) is 0 Å². The smallest absolute Gasteiger partial charge is 0.267 e. The maximum Gasteiger partial charge on any atom is 0.267 e. The summed E-state index contributed by atoms with van der Waals surface area (Å²) >= 11 is 0. The summed E-state index contributed by atoms with van der Waals surface area (Å²) in [5.41, 5.74) is 10.2. The Morgan fingerprint density at radius 1 is 0.722 bits per heavy atom. The Morgan fingerprint density at radius 3 is 1.11 bits per heavy atom. The Balaban J connectivity index is 0.000000397. The molecule has 4 N–H and O–H groups in total. The van der Waals surface area contributed by atoms with E-state index in [1.54, 1.807) is 0 Å². The van der Waals surface area contributed by atoms with Gasteiger partial charge in [0.1, 0.15) is 0 Å². The van der Waals surface area contributed by atoms with Gasteiger partial charge in [-0.1, -0.05) is 36.4 Å². The second-order valence-corrected chi connectivity index (χ2v) is 3.79. The van der Waals surface area contributed by atoms with Gasteiger partial charge in [-0.15, -0.1) is 0 Å². The van der Waals surface area contributed by atoms with Crippen molar-refractivity contribution in [2.75, 3.05) is 0 Å². The van der Waals surface area contributed by atoms with Gasteiger partial charge in [0.2, 0.25) is 11.6 Å². The van der Waals surface area contributed by atoms with Gasteiger partial charge in [0.05, 0.1) is 12.1 Å². The fourth-order valence-electron chi connectivity index (χ4n) is 0.920. The predicted octanol–water partition coefficient (Wildman–Crippen LogP) is 0.0747. The van der Waals surface area contributed by atoms with Crippen LogP contribution in [-0.2, 0) is 14.4 Å². The summed E-state index contributed by atoms with van der Waals surface area (Å²) < 4.78 is 0. The van der Waals surface area contributed by atoms with E-state index in [1.807, 2.05) is 36.4 Å². The number of carbonyl (C=O) groups excluding carboxylic acids is 3. The van der Waals surface area contributed by atoms with E-state index in [1.165, 1.54) is 13.8 Å². The Morgan fingerprint density at radius 2 is 0.944 bits per heavy atom. The van der Waals surface area contributed by atoms with Gasteiger partial charge < -0.3 is 11.5 Å². The van der Waals surface area contributed by atoms with Crippen molar-refractivity contribution >= 4 is 17.3 Å². The second-order valence-electron chi connectivity index (χ2n) is 3.79. The molecule has 5 nitrogen and oxygen atoms in total. The van der Waals surface area contributed by atoms with Crippen LogP contribution in [0.5, 0.6) is 0 Å². The van der Waals surface area contributed by atoms with Gasteiger partial charge in [-0.2, -0.15) is 0 Å². The number of nitrogens with two attached hydrogens (primary N) is 2. The normalized spacial score (nSPS) is 12.7. The molecule has 0 saturated heterocycles. The second kappa shape index (κ2) is 8.27. The lowest BCUT2D eigenvalue weighted by Gasteiger charge is -2.03. The van der Waals surface area contributed by atoms with Crippen molar-refractivity contribution in [1.29, 1.82) is 0 Å². The predicted molar refractivity (Wildman–Crippen MR) is 68.8 cm³/mol. The molecule has 2 atom stereocenters. The molecule has 1 aromatic rings. The van der Waals surface area contributed by atoms with Crippen molar-refractivity contribution in [2.45, 2.75) is 25.9 Å². The fraction of sp³-hybridized carbons (Fsp3) is 0.308. The molecule has 0 amide bonds. The number of hydrogen-bond donors (Lipinski definition) is 2. The van der Waals surface area contributed by atoms with E-state index < -0.39 is 29.4 Å². The molecule has 1 aromatic carbocycles. The highest BCUT2D eigenvalue weighted by Gasteiger charge is 2.27. The van der Waals surface area contributed by atoms with Gasteiger partial charge in [0.25, 0.3) is 5.78 Å². The first-order valence-electron chi connectivity index (χ1n) is 5.51. The number of benzene rings is 1. The van der Waals surface area contributed by atoms with Crippen molar-refractivity contribution < 1.29 is 14.4 Å². The molecule has 0 radical (unpaired) electrons. The van der Waals surface area contributed by atoms with Crippen molar-refractivity contribution in [3.63, 3.8) is 0 Å². The van der Waals surface area contributed by atoms with Gasteiger partial charge >= 0.3 is 0 Å². The highest BCUT2D eigenvalue weighted by molar-refractivity contribution is 6.65. The van der Waals surface area contributed by atoms with Gasteiger partial charge in [0, 0.05) is 0 Å². The van der Waals surface area contributed by atoms with Crippen LogP contribution < -0.4 is 11.5 Å². The van der Waals surface area contributed by atoms with Crippen LogP contribution in [0.15, 0.2) is 36.4 Å². The lowest BCUT2D eigenvalue weighted by Crippen LogP contribution is -2.43. The number of rotatable bonds is 4. The Hall–Kier alpha value is -1.85. The monoisotopic (exact) mass is 250 g/mol. The van der Waals surface area contributed by atoms with E-state index in [0.717, 1.165) is 0 Å². The summed E-state index contributed by atoms with van der Waals surface area (Å²) in [6, 6.07) is 10.1. The Kier molecular flexibility index (Phi) is 7.42. The van der Waals surface area contributed by atoms with Gasteiger partial charge in [-0.05, 0) is 13.8 Å². The quantitative estimate of drug-likeness (QED) is 0.581. The molecule has 0 saturated carbocycles. The van der Waals surface area contributed by atoms with Gasteiger partial charge in [-0.25, -0.2) is 0 Å². The summed E-state index contributed by atoms with van der Waals surface area (Å²) in [4.78, 5) is 32.5. The van der Waals surface area contributed by atoms with E-state index in [4.69, 9.17) is 11.5 Å². The molecule has 0 fully saturated rings. The molecule has 1 rings (SSSR count). The SMILES string of the molecule is CC(N)C(=O)C(=O)C(=O)C(C)N.c1ccccc1. The van der Waals surface area contributed by atoms with Gasteiger partial charge in [0.15, 0.2) is 0 Å². The van der Waals surface area contributed by atoms with Crippen LogP contribution in [-0.4, -0.2) is 29.4 Å². The molecule has 0 aromatic heterocycles. The molecule has 18 heavy (non-hydrogen) atoms. The highest BCUT2D eigenvalue weighted by Crippen LogP contribution is 1.88. The van der Waals surface area contributed by atoms with Gasteiger partial charge in [-0.3, -0.25) is 14.4 Å². The van der Waals surface area contributed by atoms with Crippen LogP contribution in [0.2, 0.25) is 0 Å². The standard InChI is InChI=1S/C7H12N2O3.C6H6/c1-3(8)5(10)7(12)6(11)4(2)9;1-2-4-6-5-3-1/h3-4H,8-9H2,1-2H3;1-6H. The number of Topliss-reactive ketones (excluding diaryl/α,β-unsaturated/α-hetero) is 3. The molecule has 98 valence electrons. The van der Waals surface area contributed by atoms with Crippen LogP contribution in [0.4, 0.5) is 0 Å². The molecule has 0 heterocycles. The highest BCUT2D eigenvalue weighted by atomic mass is 16.2. The van der Waals surface area contributed by atoms with Crippen LogP contribution >= 0.6 is 0 Å². The van der Waals surface area contributed by atoms with Crippen molar-refractivity contribution in [3.05, 3.63) is 36.4 Å². The van der Waals surface area contributed by atoms with Crippen LogP contribution in [0.25, 0.3) is 0 Å². The molecular formula is C13H18N2O3. The number of ketones is 3. The first-order chi connectivity index (χ1) is 8.37. The molecular weight excluding hydrogens is 232 g/mol. The summed E-state index contributed by atoms with van der Waals surface area (Å²) in [5, 5.41) is 0. The molecule has 0 bridgehead atoms. The first-order valence-corrected chi connectivity index (χ1v) is 5.51. The van der Waals surface area contributed by atoms with Crippen molar-refractivity contribution in [3.8, 4) is 0 Å². The Bertz CT molecular complexity index is 351. The zero-order chi connectivity index (χ0) is 14.1. The van der Waals surface area contributed by atoms with E-state index >= 15 is 0 Å². The number of hydrogen-bond acceptors (Lipinski definition) is 5. The minimum Gasteiger partial charge on any atom is -0.321 e. The largest absolute Gasteiger partial charge is 0.321 e. The summed E-state index contributed by atoms with van der Waals surface area (Å²) in [6.45, 7) is 2.68. The topological polar surface area (TPSA) is 103 Å². The maximum atomic E-state index is 10.9. The third-order valence-corrected chi connectivity index (χ3v) is 1.94. The van der Waals surface area contributed by atoms with E-state index in [-0.39, 0.29) is 0 Å². The molecule has 0 aliphatic rings. The van der Waals surface area contributed by atoms with E-state index in [2.05, 4.69) is 0 Å². The number of carbonyl (C=O) groups is 3. The molecule has 0 aliphatic heterocycles. The van der Waals surface area contributed by atoms with E-state index in [9.17, 15) is 14.4 Å². The summed E-state index contributed by atoms with van der Waals surface area (Å²) in [7, 11) is 0. The molecule has 0 spiro atoms. The third kappa shape index (κ3) is 6.03. The molecule has 5 heteroatoms.